The summed E-state index contributed by atoms with van der Waals surface area (Å²) in [6, 6.07) is 4.77. The number of hydrogen-bond acceptors (Lipinski definition) is 9. The van der Waals surface area contributed by atoms with E-state index in [1.165, 1.54) is 12.5 Å². The van der Waals surface area contributed by atoms with Crippen molar-refractivity contribution in [1.29, 1.82) is 0 Å². The van der Waals surface area contributed by atoms with Crippen LogP contribution in [0.2, 0.25) is 0 Å². The number of carbonyl (C=O) groups excluding carboxylic acids is 1. The lowest BCUT2D eigenvalue weighted by molar-refractivity contribution is -0.130. The number of rotatable bonds is 11. The van der Waals surface area contributed by atoms with Crippen LogP contribution in [-0.2, 0) is 22.6 Å². The zero-order valence-corrected chi connectivity index (χ0v) is 23.2. The Labute approximate surface area is 234 Å². The summed E-state index contributed by atoms with van der Waals surface area (Å²) in [5.74, 6) is 8.34. The number of benzene rings is 1. The maximum Gasteiger partial charge on any atom is 0.227 e. The van der Waals surface area contributed by atoms with Gasteiger partial charge in [0.25, 0.3) is 0 Å². The predicted molar refractivity (Wildman–Crippen MR) is 149 cm³/mol. The van der Waals surface area contributed by atoms with Gasteiger partial charge in [-0.15, -0.1) is 0 Å². The van der Waals surface area contributed by atoms with Crippen molar-refractivity contribution in [3.8, 4) is 5.75 Å². The third-order valence-electron chi connectivity index (χ3n) is 8.45. The SMILES string of the molecule is COCc1cnc(N2CCC([C@H]3C[C@H]3CCOc3ccc(CC(=O)N4CCC(N)=C(NN)C4)c(F)c3)CC2)nc1. The Morgan fingerprint density at radius 3 is 2.67 bits per heavy atom. The molecule has 0 spiro atoms. The van der Waals surface area contributed by atoms with Crippen LogP contribution in [0, 0.1) is 23.6 Å². The maximum absolute atomic E-state index is 14.8. The minimum atomic E-state index is -0.427. The fourth-order valence-electron chi connectivity index (χ4n) is 5.95. The standard InChI is InChI=1S/C29H40FN7O3/c1-39-18-19-15-33-29(34-16-19)36-8-4-20(5-9-36)24-12-21(24)7-11-40-23-3-2-22(25(30)14-23)13-28(38)37-10-6-26(31)27(17-37)35-32/h2-3,14-16,20-21,24,35H,4-13,17-18,31-32H2,1H3/t21-,24-/m1/s1. The highest BCUT2D eigenvalue weighted by Crippen LogP contribution is 2.49. The van der Waals surface area contributed by atoms with Gasteiger partial charge in [0.1, 0.15) is 11.6 Å². The van der Waals surface area contributed by atoms with Gasteiger partial charge in [0.05, 0.1) is 31.9 Å². The molecule has 5 rings (SSSR count). The van der Waals surface area contributed by atoms with Gasteiger partial charge in [0.2, 0.25) is 11.9 Å². The van der Waals surface area contributed by atoms with Gasteiger partial charge in [0.15, 0.2) is 0 Å². The van der Waals surface area contributed by atoms with Crippen LogP contribution in [0.3, 0.4) is 0 Å². The zero-order chi connectivity index (χ0) is 28.1. The fourth-order valence-corrected chi connectivity index (χ4v) is 5.95. The Kier molecular flexibility index (Phi) is 9.01. The molecule has 3 heterocycles. The molecule has 216 valence electrons. The van der Waals surface area contributed by atoms with Crippen LogP contribution in [0.15, 0.2) is 42.0 Å². The molecule has 1 saturated heterocycles. The largest absolute Gasteiger partial charge is 0.493 e. The van der Waals surface area contributed by atoms with Gasteiger partial charge in [-0.05, 0) is 55.1 Å². The first-order valence-electron chi connectivity index (χ1n) is 14.1. The van der Waals surface area contributed by atoms with Crippen LogP contribution >= 0.6 is 0 Å². The molecule has 2 aliphatic heterocycles. The van der Waals surface area contributed by atoms with Crippen molar-refractivity contribution < 1.29 is 18.7 Å². The Balaban J connectivity index is 1.02. The van der Waals surface area contributed by atoms with Crippen molar-refractivity contribution in [1.82, 2.24) is 20.3 Å². The molecule has 1 aromatic carbocycles. The second-order valence-corrected chi connectivity index (χ2v) is 11.1. The molecule has 0 unspecified atom stereocenters. The number of nitrogens with one attached hydrogen (secondary N) is 1. The third kappa shape index (κ3) is 6.82. The molecule has 1 amide bonds. The molecule has 1 aliphatic carbocycles. The number of hydrazine groups is 1. The molecule has 2 atom stereocenters. The highest BCUT2D eigenvalue weighted by Gasteiger charge is 2.43. The van der Waals surface area contributed by atoms with Gasteiger partial charge in [-0.2, -0.15) is 0 Å². The Hall–Kier alpha value is -3.44. The van der Waals surface area contributed by atoms with Gasteiger partial charge in [-0.1, -0.05) is 6.07 Å². The molecule has 11 heteroatoms. The lowest BCUT2D eigenvalue weighted by Crippen LogP contribution is -2.43. The van der Waals surface area contributed by atoms with Crippen LogP contribution in [0.1, 0.15) is 43.2 Å². The van der Waals surface area contributed by atoms with Gasteiger partial charge >= 0.3 is 0 Å². The van der Waals surface area contributed by atoms with Crippen LogP contribution in [-0.4, -0.2) is 60.7 Å². The molecule has 5 N–H and O–H groups in total. The summed E-state index contributed by atoms with van der Waals surface area (Å²) in [5, 5.41) is 0. The zero-order valence-electron chi connectivity index (χ0n) is 23.2. The number of methoxy groups -OCH3 is 1. The molecule has 1 aromatic heterocycles. The number of carbonyl (C=O) groups is 1. The number of amides is 1. The average Bonchev–Trinajstić information content (AvgIpc) is 3.75. The molecule has 40 heavy (non-hydrogen) atoms. The van der Waals surface area contributed by atoms with Gasteiger partial charge < -0.3 is 30.4 Å². The lowest BCUT2D eigenvalue weighted by atomic mass is 9.90. The van der Waals surface area contributed by atoms with E-state index in [0.717, 1.165) is 55.7 Å². The third-order valence-corrected chi connectivity index (χ3v) is 8.45. The summed E-state index contributed by atoms with van der Waals surface area (Å²) < 4.78 is 25.8. The summed E-state index contributed by atoms with van der Waals surface area (Å²) in [7, 11) is 1.67. The van der Waals surface area contributed by atoms with Crippen LogP contribution in [0.5, 0.6) is 5.75 Å². The molecular formula is C29H40FN7O3. The second-order valence-electron chi connectivity index (χ2n) is 11.1. The number of anilines is 1. The first kappa shape index (κ1) is 28.1. The minimum Gasteiger partial charge on any atom is -0.493 e. The first-order chi connectivity index (χ1) is 19.4. The number of nitrogens with zero attached hydrogens (tertiary/aromatic N) is 4. The van der Waals surface area contributed by atoms with Crippen molar-refractivity contribution in [3.63, 3.8) is 0 Å². The van der Waals surface area contributed by atoms with E-state index in [2.05, 4.69) is 20.3 Å². The van der Waals surface area contributed by atoms with Crippen LogP contribution in [0.4, 0.5) is 10.3 Å². The van der Waals surface area contributed by atoms with Crippen molar-refractivity contribution in [2.24, 2.45) is 29.3 Å². The number of ether oxygens (including phenoxy) is 2. The lowest BCUT2D eigenvalue weighted by Gasteiger charge is -2.32. The predicted octanol–water partition coefficient (Wildman–Crippen LogP) is 2.49. The number of hydrogen-bond donors (Lipinski definition) is 3. The van der Waals surface area contributed by atoms with E-state index in [1.807, 2.05) is 12.4 Å². The molecule has 0 bridgehead atoms. The van der Waals surface area contributed by atoms with Gasteiger partial charge in [0, 0.05) is 62.9 Å². The van der Waals surface area contributed by atoms with Crippen molar-refractivity contribution in [2.45, 2.75) is 45.1 Å². The van der Waals surface area contributed by atoms with E-state index in [9.17, 15) is 9.18 Å². The molecule has 2 fully saturated rings. The molecule has 3 aliphatic rings. The van der Waals surface area contributed by atoms with E-state index in [1.54, 1.807) is 24.1 Å². The van der Waals surface area contributed by atoms with Gasteiger partial charge in [-0.3, -0.25) is 10.6 Å². The summed E-state index contributed by atoms with van der Waals surface area (Å²) in [6.45, 7) is 3.86. The fraction of sp³-hybridized carbons (Fsp3) is 0.552. The molecule has 2 aromatic rings. The van der Waals surface area contributed by atoms with Crippen molar-refractivity contribution in [3.05, 3.63) is 58.9 Å². The number of halogens is 1. The van der Waals surface area contributed by atoms with Gasteiger partial charge in [-0.25, -0.2) is 14.4 Å². The summed E-state index contributed by atoms with van der Waals surface area (Å²) >= 11 is 0. The van der Waals surface area contributed by atoms with E-state index in [-0.39, 0.29) is 12.3 Å². The van der Waals surface area contributed by atoms with Crippen LogP contribution < -0.4 is 26.6 Å². The Morgan fingerprint density at radius 1 is 1.20 bits per heavy atom. The molecule has 0 radical (unpaired) electrons. The summed E-state index contributed by atoms with van der Waals surface area (Å²) in [4.78, 5) is 25.6. The highest BCUT2D eigenvalue weighted by atomic mass is 19.1. The average molecular weight is 554 g/mol. The highest BCUT2D eigenvalue weighted by molar-refractivity contribution is 5.79. The number of nitrogens with two attached hydrogens (primary N) is 2. The first-order valence-corrected chi connectivity index (χ1v) is 14.1. The van der Waals surface area contributed by atoms with Crippen LogP contribution in [0.25, 0.3) is 0 Å². The Bertz CT molecular complexity index is 1200. The normalized spacial score (nSPS) is 21.5. The maximum atomic E-state index is 14.8. The van der Waals surface area contributed by atoms with Crippen molar-refractivity contribution in [2.75, 3.05) is 44.8 Å². The molecule has 1 saturated carbocycles. The molecule has 10 nitrogen and oxygen atoms in total. The van der Waals surface area contributed by atoms with E-state index in [4.69, 9.17) is 21.1 Å². The summed E-state index contributed by atoms with van der Waals surface area (Å²) in [5.41, 5.74) is 11.1. The quantitative estimate of drug-likeness (QED) is 0.284. The van der Waals surface area contributed by atoms with E-state index < -0.39 is 5.82 Å². The monoisotopic (exact) mass is 553 g/mol. The molecular weight excluding hydrogens is 513 g/mol. The van der Waals surface area contributed by atoms with Crippen molar-refractivity contribution >= 4 is 11.9 Å². The second kappa shape index (κ2) is 12.8. The van der Waals surface area contributed by atoms with E-state index in [0.29, 0.717) is 61.3 Å². The minimum absolute atomic E-state index is 0.0162. The summed E-state index contributed by atoms with van der Waals surface area (Å²) in [6.07, 6.45) is 8.73. The smallest absolute Gasteiger partial charge is 0.227 e. The topological polar surface area (TPSA) is 132 Å². The number of aromatic nitrogens is 2. The Morgan fingerprint density at radius 2 is 1.98 bits per heavy atom. The van der Waals surface area contributed by atoms with E-state index >= 15 is 0 Å². The number of piperidine rings is 1.